The summed E-state index contributed by atoms with van der Waals surface area (Å²) >= 11 is 0. The third-order valence-corrected chi connectivity index (χ3v) is 11.4. The van der Waals surface area contributed by atoms with Gasteiger partial charge in [0.25, 0.3) is 10.0 Å². The minimum absolute atomic E-state index is 0.0483. The van der Waals surface area contributed by atoms with Crippen LogP contribution in [-0.4, -0.2) is 67.2 Å². The van der Waals surface area contributed by atoms with Gasteiger partial charge in [-0.05, 0) is 62.4 Å². The first-order chi connectivity index (χ1) is 23.9. The number of nitrogens with one attached hydrogen (secondary N) is 1. The molecule has 2 aromatic carbocycles. The van der Waals surface area contributed by atoms with E-state index in [1.165, 1.54) is 34.0 Å². The highest BCUT2D eigenvalue weighted by Crippen LogP contribution is 2.48. The Labute approximate surface area is 287 Å². The number of nitrogens with zero attached hydrogens (tertiary/aromatic N) is 6. The topological polar surface area (TPSA) is 164 Å². The summed E-state index contributed by atoms with van der Waals surface area (Å²) in [6.45, 7) is 1.87. The average molecular weight is 700 g/mol. The second-order valence-electron chi connectivity index (χ2n) is 12.9. The third-order valence-electron chi connectivity index (χ3n) is 9.73. The number of aromatic nitrogens is 6. The van der Waals surface area contributed by atoms with E-state index in [0.717, 1.165) is 0 Å². The number of imidazole rings is 1. The highest BCUT2D eigenvalue weighted by atomic mass is 32.2. The molecule has 0 bridgehead atoms. The summed E-state index contributed by atoms with van der Waals surface area (Å²) in [6.07, 6.45) is 4.19. The van der Waals surface area contributed by atoms with Crippen LogP contribution in [0.15, 0.2) is 76.7 Å². The van der Waals surface area contributed by atoms with Crippen LogP contribution in [0.4, 0.5) is 4.79 Å². The van der Waals surface area contributed by atoms with Crippen molar-refractivity contribution in [3.05, 3.63) is 77.5 Å². The molecule has 1 aliphatic carbocycles. The number of carboxylic acid groups (broad SMARTS) is 1. The first-order valence-electron chi connectivity index (χ1n) is 16.1. The maximum atomic E-state index is 14.9. The molecule has 0 spiro atoms. The van der Waals surface area contributed by atoms with Gasteiger partial charge < -0.3 is 19.9 Å². The van der Waals surface area contributed by atoms with Crippen LogP contribution < -0.4 is 20.5 Å². The maximum Gasteiger partial charge on any atom is 0.405 e. The number of aryl methyl sites for hydroxylation is 2. The molecule has 6 aromatic rings. The minimum Gasteiger partial charge on any atom is -0.497 e. The molecule has 50 heavy (non-hydrogen) atoms. The molecule has 0 aliphatic heterocycles. The van der Waals surface area contributed by atoms with Crippen molar-refractivity contribution in [1.82, 2.24) is 33.2 Å². The molecule has 4 aromatic heterocycles. The van der Waals surface area contributed by atoms with E-state index in [0.29, 0.717) is 64.5 Å². The van der Waals surface area contributed by atoms with Gasteiger partial charge in [-0.2, -0.15) is 0 Å². The Balaban J connectivity index is 1.64. The number of hydrogen-bond acceptors (Lipinski definition) is 8. The second kappa shape index (κ2) is 12.1. The van der Waals surface area contributed by atoms with Gasteiger partial charge in [0.05, 0.1) is 53.0 Å². The van der Waals surface area contributed by atoms with Crippen molar-refractivity contribution in [2.45, 2.75) is 49.1 Å². The molecule has 14 nitrogen and oxygen atoms in total. The number of rotatable bonds is 8. The van der Waals surface area contributed by atoms with E-state index >= 15 is 0 Å². The van der Waals surface area contributed by atoms with E-state index in [-0.39, 0.29) is 33.8 Å². The molecule has 1 saturated carbocycles. The highest BCUT2D eigenvalue weighted by Gasteiger charge is 2.37. The first-order valence-corrected chi connectivity index (χ1v) is 17.5. The van der Waals surface area contributed by atoms with Crippen molar-refractivity contribution in [2.24, 2.45) is 14.1 Å². The summed E-state index contributed by atoms with van der Waals surface area (Å²) in [6, 6.07) is 15.1. The van der Waals surface area contributed by atoms with E-state index in [2.05, 4.69) is 10.4 Å². The zero-order valence-electron chi connectivity index (χ0n) is 28.2. The van der Waals surface area contributed by atoms with Crippen molar-refractivity contribution >= 4 is 38.2 Å². The molecule has 1 fully saturated rings. The molecule has 0 radical (unpaired) electrons. The lowest BCUT2D eigenvalue weighted by molar-refractivity contribution is 0.158. The Morgan fingerprint density at radius 3 is 2.32 bits per heavy atom. The van der Waals surface area contributed by atoms with Gasteiger partial charge >= 0.3 is 11.8 Å². The zero-order chi connectivity index (χ0) is 35.5. The van der Waals surface area contributed by atoms with Gasteiger partial charge in [-0.1, -0.05) is 30.3 Å². The van der Waals surface area contributed by atoms with Gasteiger partial charge in [0, 0.05) is 37.4 Å². The zero-order valence-corrected chi connectivity index (χ0v) is 29.1. The standard InChI is InChI=1S/C35H37N7O7S/c1-35(37-33(43)44)17-15-22(16-18-35)41-30-26(40(3)34(41)45)19-36-31-28(30)27(21-11-13-23(48-4)14-12-21)29(25-20-39(2)38-32(25)49-5)42(31)50(46,47)24-9-7-6-8-10-24/h6-14,19-20,22,37H,15-18H2,1-5H3,(H,43,44)/t22-,35+. The number of carbonyl (C=O) groups is 1. The first kappa shape index (κ1) is 33.0. The normalized spacial score (nSPS) is 18.1. The van der Waals surface area contributed by atoms with Crippen LogP contribution in [0.25, 0.3) is 44.5 Å². The molecule has 0 atom stereocenters. The molecule has 1 amide bonds. The predicted octanol–water partition coefficient (Wildman–Crippen LogP) is 5.15. The molecule has 7 rings (SSSR count). The second-order valence-corrected chi connectivity index (χ2v) is 14.7. The monoisotopic (exact) mass is 699 g/mol. The van der Waals surface area contributed by atoms with Crippen molar-refractivity contribution < 1.29 is 27.8 Å². The van der Waals surface area contributed by atoms with E-state index in [4.69, 9.17) is 14.5 Å². The highest BCUT2D eigenvalue weighted by molar-refractivity contribution is 7.90. The van der Waals surface area contributed by atoms with Gasteiger partial charge in [-0.25, -0.2) is 27.0 Å². The number of amides is 1. The number of fused-ring (bicyclic) bond motifs is 3. The molecular formula is C35H37N7O7S. The number of benzene rings is 2. The van der Waals surface area contributed by atoms with E-state index in [1.54, 1.807) is 67.0 Å². The van der Waals surface area contributed by atoms with Gasteiger partial charge in [0.2, 0.25) is 5.88 Å². The average Bonchev–Trinajstić information content (AvgIpc) is 3.74. The summed E-state index contributed by atoms with van der Waals surface area (Å²) < 4.78 is 46.9. The lowest BCUT2D eigenvalue weighted by atomic mass is 9.80. The molecular weight excluding hydrogens is 662 g/mol. The van der Waals surface area contributed by atoms with Crippen LogP contribution in [0.5, 0.6) is 11.6 Å². The molecule has 1 aliphatic rings. The molecule has 0 unspecified atom stereocenters. The van der Waals surface area contributed by atoms with E-state index in [1.807, 2.05) is 19.1 Å². The van der Waals surface area contributed by atoms with Crippen LogP contribution >= 0.6 is 0 Å². The largest absolute Gasteiger partial charge is 0.497 e. The van der Waals surface area contributed by atoms with Crippen LogP contribution in [0.2, 0.25) is 0 Å². The fourth-order valence-electron chi connectivity index (χ4n) is 7.26. The Morgan fingerprint density at radius 2 is 1.70 bits per heavy atom. The molecule has 15 heteroatoms. The lowest BCUT2D eigenvalue weighted by Gasteiger charge is -2.37. The molecule has 0 saturated heterocycles. The number of pyridine rings is 1. The lowest BCUT2D eigenvalue weighted by Crippen LogP contribution is -2.48. The van der Waals surface area contributed by atoms with Crippen LogP contribution in [-0.2, 0) is 24.1 Å². The van der Waals surface area contributed by atoms with Crippen LogP contribution in [0.3, 0.4) is 0 Å². The fourth-order valence-corrected chi connectivity index (χ4v) is 8.77. The maximum absolute atomic E-state index is 14.9. The van der Waals surface area contributed by atoms with Crippen molar-refractivity contribution in [2.75, 3.05) is 14.2 Å². The Hall–Kier alpha value is -5.57. The Kier molecular flexibility index (Phi) is 7.97. The minimum atomic E-state index is -4.32. The summed E-state index contributed by atoms with van der Waals surface area (Å²) in [5, 5.41) is 17.0. The summed E-state index contributed by atoms with van der Waals surface area (Å²) in [5.74, 6) is 0.809. The van der Waals surface area contributed by atoms with Crippen molar-refractivity contribution in [1.29, 1.82) is 0 Å². The molecule has 2 N–H and O–H groups in total. The van der Waals surface area contributed by atoms with Crippen molar-refractivity contribution in [3.8, 4) is 34.0 Å². The van der Waals surface area contributed by atoms with Gasteiger partial charge in [0.1, 0.15) is 5.75 Å². The Bertz CT molecular complexity index is 2430. The van der Waals surface area contributed by atoms with Crippen LogP contribution in [0.1, 0.15) is 38.6 Å². The molecule has 4 heterocycles. The van der Waals surface area contributed by atoms with E-state index in [9.17, 15) is 23.1 Å². The summed E-state index contributed by atoms with van der Waals surface area (Å²) in [4.78, 5) is 30.6. The van der Waals surface area contributed by atoms with Gasteiger partial charge in [0.15, 0.2) is 5.65 Å². The summed E-state index contributed by atoms with van der Waals surface area (Å²) in [5.41, 5.74) is 2.09. The number of hydrogen-bond donors (Lipinski definition) is 2. The quantitative estimate of drug-likeness (QED) is 0.219. The summed E-state index contributed by atoms with van der Waals surface area (Å²) in [7, 11) is 2.11. The SMILES string of the molecule is COc1ccc(-c2c(-c3cn(C)nc3OC)n(S(=O)(=O)c3ccccc3)c3ncc4c(c23)n([C@H]2CC[C@@](C)(NC(=O)O)CC2)c(=O)n4C)cc1. The number of methoxy groups -OCH3 is 2. The smallest absolute Gasteiger partial charge is 0.405 e. The van der Waals surface area contributed by atoms with E-state index < -0.39 is 21.7 Å². The van der Waals surface area contributed by atoms with Crippen molar-refractivity contribution in [3.63, 3.8) is 0 Å². The van der Waals surface area contributed by atoms with Gasteiger partial charge in [-0.3, -0.25) is 13.8 Å². The Morgan fingerprint density at radius 1 is 1.02 bits per heavy atom. The van der Waals surface area contributed by atoms with Gasteiger partial charge in [-0.15, -0.1) is 5.10 Å². The molecule has 260 valence electrons. The fraction of sp³-hybridized carbons (Fsp3) is 0.314. The number of ether oxygens (including phenoxy) is 2. The predicted molar refractivity (Wildman–Crippen MR) is 187 cm³/mol. The van der Waals surface area contributed by atoms with Crippen LogP contribution in [0, 0.1) is 0 Å². The third kappa shape index (κ3) is 5.19.